The molecule has 0 amide bonds. The van der Waals surface area contributed by atoms with Crippen LogP contribution in [0.2, 0.25) is 5.15 Å². The average Bonchev–Trinajstić information content (AvgIpc) is 2.69. The molecule has 1 aliphatic rings. The fourth-order valence-corrected chi connectivity index (χ4v) is 2.61. The van der Waals surface area contributed by atoms with E-state index in [1.807, 2.05) is 24.0 Å². The molecule has 0 aromatic carbocycles. The highest BCUT2D eigenvalue weighted by molar-refractivity contribution is 7.81. The quantitative estimate of drug-likeness (QED) is 0.658. The van der Waals surface area contributed by atoms with Crippen LogP contribution in [0.4, 0.5) is 11.5 Å². The highest BCUT2D eigenvalue weighted by Crippen LogP contribution is 2.39. The molecule has 1 N–H and O–H groups in total. The van der Waals surface area contributed by atoms with Gasteiger partial charge in [0, 0.05) is 18.9 Å². The molecule has 98 valence electrons. The van der Waals surface area contributed by atoms with Crippen molar-refractivity contribution >= 4 is 35.7 Å². The molecule has 0 bridgehead atoms. The van der Waals surface area contributed by atoms with Crippen LogP contribution < -0.4 is 10.2 Å². The van der Waals surface area contributed by atoms with Crippen LogP contribution in [0, 0.1) is 6.92 Å². The molecule has 1 unspecified atom stereocenters. The van der Waals surface area contributed by atoms with Crippen molar-refractivity contribution < 1.29 is 0 Å². The number of rotatable bonds is 2. The average molecular weight is 294 g/mol. The molecule has 0 saturated heterocycles. The van der Waals surface area contributed by atoms with Crippen molar-refractivity contribution in [3.05, 3.63) is 41.1 Å². The summed E-state index contributed by atoms with van der Waals surface area (Å²) >= 11 is 10.6. The summed E-state index contributed by atoms with van der Waals surface area (Å²) < 4.78 is 0. The van der Waals surface area contributed by atoms with Crippen LogP contribution in [-0.4, -0.2) is 20.4 Å². The van der Waals surface area contributed by atoms with Gasteiger partial charge in [0.2, 0.25) is 0 Å². The Morgan fingerprint density at radius 3 is 2.84 bits per heavy atom. The largest absolute Gasteiger partial charge is 0.351 e. The van der Waals surface area contributed by atoms with Gasteiger partial charge in [-0.25, -0.2) is 9.97 Å². The number of anilines is 2. The van der Waals surface area contributed by atoms with Crippen LogP contribution in [0.5, 0.6) is 0 Å². The molecular formula is C12H12ClN5S. The minimum atomic E-state index is -0.170. The van der Waals surface area contributed by atoms with Crippen molar-refractivity contribution in [3.63, 3.8) is 0 Å². The first-order valence-corrected chi connectivity index (χ1v) is 6.69. The number of hydrogen-bond acceptors (Lipinski definition) is 6. The lowest BCUT2D eigenvalue weighted by atomic mass is 10.2. The lowest BCUT2D eigenvalue weighted by molar-refractivity contribution is 0.818. The zero-order valence-electron chi connectivity index (χ0n) is 10.2. The molecule has 0 fully saturated rings. The smallest absolute Gasteiger partial charge is 0.160 e. The Morgan fingerprint density at radius 2 is 2.11 bits per heavy atom. The third-order valence-corrected chi connectivity index (χ3v) is 3.58. The lowest BCUT2D eigenvalue weighted by Crippen LogP contribution is -2.30. The molecule has 5 nitrogen and oxygen atoms in total. The second-order valence-corrected chi connectivity index (χ2v) is 5.11. The molecule has 2 aromatic rings. The van der Waals surface area contributed by atoms with E-state index in [9.17, 15) is 0 Å². The van der Waals surface area contributed by atoms with Gasteiger partial charge in [-0.1, -0.05) is 11.6 Å². The first-order valence-electron chi connectivity index (χ1n) is 5.79. The summed E-state index contributed by atoms with van der Waals surface area (Å²) in [7, 11) is 0. The maximum absolute atomic E-state index is 6.12. The number of nitrogens with one attached hydrogen (secondary N) is 1. The number of pyridine rings is 1. The predicted octanol–water partition coefficient (Wildman–Crippen LogP) is 2.48. The van der Waals surface area contributed by atoms with E-state index < -0.39 is 0 Å². The Kier molecular flexibility index (Phi) is 3.20. The number of hydrogen-bond donors (Lipinski definition) is 2. The highest BCUT2D eigenvalue weighted by atomic mass is 35.5. The number of aromatic nitrogens is 3. The Balaban J connectivity index is 1.96. The highest BCUT2D eigenvalue weighted by Gasteiger charge is 2.30. The van der Waals surface area contributed by atoms with Crippen LogP contribution >= 0.6 is 24.2 Å². The van der Waals surface area contributed by atoms with E-state index in [0.29, 0.717) is 17.5 Å². The van der Waals surface area contributed by atoms with E-state index in [4.69, 9.17) is 11.6 Å². The van der Waals surface area contributed by atoms with Crippen molar-refractivity contribution in [1.29, 1.82) is 0 Å². The van der Waals surface area contributed by atoms with E-state index in [0.717, 1.165) is 17.1 Å². The van der Waals surface area contributed by atoms with E-state index >= 15 is 0 Å². The number of nitrogens with zero attached hydrogens (tertiary/aromatic N) is 4. The van der Waals surface area contributed by atoms with Gasteiger partial charge in [0.1, 0.15) is 17.0 Å². The van der Waals surface area contributed by atoms with Crippen LogP contribution in [0.3, 0.4) is 0 Å². The molecule has 0 aliphatic carbocycles. The summed E-state index contributed by atoms with van der Waals surface area (Å²) in [6.07, 6.45) is 3.54. The summed E-state index contributed by atoms with van der Waals surface area (Å²) in [5, 5.41) is 3.61. The molecule has 3 heterocycles. The standard InChI is InChI=1S/C12H12ClN5S/c1-7-15-10(13)9-11(16-7)18(12(19)17-9)6-8-2-4-14-5-3-8/h2-5,12,17,19H,6H2,1H3. The Bertz CT molecular complexity index is 607. The number of fused-ring (bicyclic) bond motifs is 1. The minimum Gasteiger partial charge on any atom is -0.351 e. The van der Waals surface area contributed by atoms with Gasteiger partial charge in [0.25, 0.3) is 0 Å². The molecule has 2 aromatic heterocycles. The number of aryl methyl sites for hydroxylation is 1. The molecule has 1 atom stereocenters. The summed E-state index contributed by atoms with van der Waals surface area (Å²) in [5.41, 5.74) is 1.70. The summed E-state index contributed by atoms with van der Waals surface area (Å²) in [5.74, 6) is 1.43. The predicted molar refractivity (Wildman–Crippen MR) is 78.6 cm³/mol. The molecule has 19 heavy (non-hydrogen) atoms. The molecule has 3 rings (SSSR count). The second-order valence-electron chi connectivity index (χ2n) is 4.26. The van der Waals surface area contributed by atoms with E-state index in [-0.39, 0.29) is 5.50 Å². The Morgan fingerprint density at radius 1 is 1.37 bits per heavy atom. The van der Waals surface area contributed by atoms with Gasteiger partial charge in [-0.3, -0.25) is 4.98 Å². The third kappa shape index (κ3) is 2.33. The summed E-state index contributed by atoms with van der Waals surface area (Å²) in [4.78, 5) is 14.6. The van der Waals surface area contributed by atoms with Crippen molar-refractivity contribution in [2.75, 3.05) is 10.2 Å². The zero-order chi connectivity index (χ0) is 13.4. The van der Waals surface area contributed by atoms with Crippen LogP contribution in [0.15, 0.2) is 24.5 Å². The van der Waals surface area contributed by atoms with Gasteiger partial charge < -0.3 is 10.2 Å². The Labute approximate surface area is 121 Å². The SMILES string of the molecule is Cc1nc(Cl)c2c(n1)N(Cc1ccncc1)C(S)N2. The number of thiol groups is 1. The fourth-order valence-electron chi connectivity index (χ4n) is 2.03. The van der Waals surface area contributed by atoms with Gasteiger partial charge >= 0.3 is 0 Å². The lowest BCUT2D eigenvalue weighted by Gasteiger charge is -2.22. The second kappa shape index (κ2) is 4.86. The molecule has 0 saturated carbocycles. The van der Waals surface area contributed by atoms with Crippen molar-refractivity contribution in [3.8, 4) is 0 Å². The molecular weight excluding hydrogens is 282 g/mol. The normalized spacial score (nSPS) is 17.2. The van der Waals surface area contributed by atoms with E-state index in [1.165, 1.54) is 0 Å². The molecule has 7 heteroatoms. The van der Waals surface area contributed by atoms with E-state index in [2.05, 4.69) is 32.9 Å². The summed E-state index contributed by atoms with van der Waals surface area (Å²) in [6, 6.07) is 3.93. The van der Waals surface area contributed by atoms with Gasteiger partial charge in [-0.05, 0) is 24.6 Å². The topological polar surface area (TPSA) is 53.9 Å². The van der Waals surface area contributed by atoms with Gasteiger partial charge in [0.05, 0.1) is 0 Å². The van der Waals surface area contributed by atoms with Crippen molar-refractivity contribution in [1.82, 2.24) is 15.0 Å². The van der Waals surface area contributed by atoms with Crippen molar-refractivity contribution in [2.24, 2.45) is 0 Å². The van der Waals surface area contributed by atoms with Crippen LogP contribution in [0.1, 0.15) is 11.4 Å². The molecule has 0 radical (unpaired) electrons. The van der Waals surface area contributed by atoms with Gasteiger partial charge in [-0.15, -0.1) is 12.6 Å². The van der Waals surface area contributed by atoms with Gasteiger partial charge in [0.15, 0.2) is 11.0 Å². The van der Waals surface area contributed by atoms with Crippen LogP contribution in [-0.2, 0) is 6.54 Å². The van der Waals surface area contributed by atoms with Crippen molar-refractivity contribution in [2.45, 2.75) is 19.0 Å². The van der Waals surface area contributed by atoms with Gasteiger partial charge in [-0.2, -0.15) is 0 Å². The number of halogens is 1. The maximum atomic E-state index is 6.12. The first-order chi connectivity index (χ1) is 9.15. The molecule has 0 spiro atoms. The Hall–Kier alpha value is -1.53. The first kappa shape index (κ1) is 12.5. The zero-order valence-corrected chi connectivity index (χ0v) is 11.9. The fraction of sp³-hybridized carbons (Fsp3) is 0.250. The maximum Gasteiger partial charge on any atom is 0.160 e. The monoisotopic (exact) mass is 293 g/mol. The molecule has 1 aliphatic heterocycles. The summed E-state index contributed by atoms with van der Waals surface area (Å²) in [6.45, 7) is 2.51. The third-order valence-electron chi connectivity index (χ3n) is 2.90. The minimum absolute atomic E-state index is 0.170. The van der Waals surface area contributed by atoms with E-state index in [1.54, 1.807) is 12.4 Å². The van der Waals surface area contributed by atoms with Crippen LogP contribution in [0.25, 0.3) is 0 Å².